The quantitative estimate of drug-likeness (QED) is 0.782. The Labute approximate surface area is 123 Å². The van der Waals surface area contributed by atoms with Crippen LogP contribution < -0.4 is 10.1 Å². The SMILES string of the molecule is CC(C)CCOc1cc(CNC2CC2)cc(C(C)C)n1. The largest absolute Gasteiger partial charge is 0.478 e. The highest BCUT2D eigenvalue weighted by atomic mass is 16.5. The van der Waals surface area contributed by atoms with E-state index in [0.717, 1.165) is 37.2 Å². The summed E-state index contributed by atoms with van der Waals surface area (Å²) in [6.07, 6.45) is 3.71. The Morgan fingerprint density at radius 3 is 2.60 bits per heavy atom. The van der Waals surface area contributed by atoms with E-state index in [-0.39, 0.29) is 0 Å². The molecule has 0 radical (unpaired) electrons. The van der Waals surface area contributed by atoms with Gasteiger partial charge in [0, 0.05) is 24.3 Å². The molecule has 1 aromatic heterocycles. The van der Waals surface area contributed by atoms with E-state index in [0.29, 0.717) is 11.8 Å². The van der Waals surface area contributed by atoms with Crippen LogP contribution in [-0.4, -0.2) is 17.6 Å². The van der Waals surface area contributed by atoms with Gasteiger partial charge < -0.3 is 10.1 Å². The highest BCUT2D eigenvalue weighted by molar-refractivity contribution is 5.27. The summed E-state index contributed by atoms with van der Waals surface area (Å²) >= 11 is 0. The van der Waals surface area contributed by atoms with E-state index in [1.807, 2.05) is 0 Å². The predicted octanol–water partition coefficient (Wildman–Crippen LogP) is 3.88. The highest BCUT2D eigenvalue weighted by Gasteiger charge is 2.20. The molecule has 1 fully saturated rings. The Morgan fingerprint density at radius 2 is 2.00 bits per heavy atom. The van der Waals surface area contributed by atoms with Gasteiger partial charge in [0.15, 0.2) is 0 Å². The topological polar surface area (TPSA) is 34.1 Å². The average molecular weight is 276 g/mol. The smallest absolute Gasteiger partial charge is 0.213 e. The zero-order valence-electron chi connectivity index (χ0n) is 13.3. The van der Waals surface area contributed by atoms with E-state index >= 15 is 0 Å². The normalized spacial score (nSPS) is 15.1. The summed E-state index contributed by atoms with van der Waals surface area (Å²) in [5, 5.41) is 3.56. The van der Waals surface area contributed by atoms with E-state index < -0.39 is 0 Å². The Kier molecular flexibility index (Phi) is 5.41. The van der Waals surface area contributed by atoms with Gasteiger partial charge >= 0.3 is 0 Å². The Morgan fingerprint density at radius 1 is 1.25 bits per heavy atom. The third kappa shape index (κ3) is 5.12. The second-order valence-electron chi connectivity index (χ2n) is 6.58. The molecule has 3 heteroatoms. The second kappa shape index (κ2) is 7.07. The number of rotatable bonds is 8. The molecule has 1 N–H and O–H groups in total. The minimum absolute atomic E-state index is 0.434. The van der Waals surface area contributed by atoms with Crippen LogP contribution in [0, 0.1) is 5.92 Å². The monoisotopic (exact) mass is 276 g/mol. The molecule has 3 nitrogen and oxygen atoms in total. The Bertz CT molecular complexity index is 425. The molecule has 1 aliphatic carbocycles. The average Bonchev–Trinajstić information content (AvgIpc) is 3.19. The fourth-order valence-corrected chi connectivity index (χ4v) is 2.00. The van der Waals surface area contributed by atoms with Gasteiger partial charge in [0.2, 0.25) is 5.88 Å². The molecule has 0 aromatic carbocycles. The van der Waals surface area contributed by atoms with Crippen molar-refractivity contribution in [2.24, 2.45) is 5.92 Å². The lowest BCUT2D eigenvalue weighted by Crippen LogP contribution is -2.16. The molecule has 2 rings (SSSR count). The maximum absolute atomic E-state index is 5.83. The van der Waals surface area contributed by atoms with Crippen molar-refractivity contribution in [1.82, 2.24) is 10.3 Å². The number of nitrogens with one attached hydrogen (secondary N) is 1. The third-order valence-electron chi connectivity index (χ3n) is 3.59. The van der Waals surface area contributed by atoms with Gasteiger partial charge in [-0.2, -0.15) is 0 Å². The number of hydrogen-bond donors (Lipinski definition) is 1. The molecule has 1 aliphatic rings. The van der Waals surface area contributed by atoms with Crippen LogP contribution in [0.15, 0.2) is 12.1 Å². The van der Waals surface area contributed by atoms with Crippen LogP contribution >= 0.6 is 0 Å². The maximum atomic E-state index is 5.83. The molecule has 1 saturated carbocycles. The first-order chi connectivity index (χ1) is 9.54. The van der Waals surface area contributed by atoms with E-state index in [4.69, 9.17) is 4.74 Å². The highest BCUT2D eigenvalue weighted by Crippen LogP contribution is 2.22. The number of hydrogen-bond acceptors (Lipinski definition) is 3. The molecular weight excluding hydrogens is 248 g/mol. The molecule has 0 unspecified atom stereocenters. The molecule has 0 amide bonds. The van der Waals surface area contributed by atoms with Crippen molar-refractivity contribution in [3.63, 3.8) is 0 Å². The standard InChI is InChI=1S/C17H28N2O/c1-12(2)7-8-20-17-10-14(11-18-15-5-6-15)9-16(19-17)13(3)4/h9-10,12-13,15,18H,5-8,11H2,1-4H3. The van der Waals surface area contributed by atoms with Crippen LogP contribution in [-0.2, 0) is 6.54 Å². The number of ether oxygens (including phenoxy) is 1. The summed E-state index contributed by atoms with van der Waals surface area (Å²) in [5.74, 6) is 1.88. The lowest BCUT2D eigenvalue weighted by atomic mass is 10.1. The molecule has 0 bridgehead atoms. The summed E-state index contributed by atoms with van der Waals surface area (Å²) in [7, 11) is 0. The Balaban J connectivity index is 1.99. The molecule has 0 atom stereocenters. The maximum Gasteiger partial charge on any atom is 0.213 e. The van der Waals surface area contributed by atoms with Crippen LogP contribution in [0.5, 0.6) is 5.88 Å². The van der Waals surface area contributed by atoms with Crippen LogP contribution in [0.3, 0.4) is 0 Å². The zero-order chi connectivity index (χ0) is 14.5. The molecule has 1 aromatic rings. The molecule has 0 spiro atoms. The van der Waals surface area contributed by atoms with E-state index in [9.17, 15) is 0 Å². The summed E-state index contributed by atoms with van der Waals surface area (Å²) < 4.78 is 5.83. The number of aromatic nitrogens is 1. The molecule has 20 heavy (non-hydrogen) atoms. The van der Waals surface area contributed by atoms with Crippen molar-refractivity contribution in [3.05, 3.63) is 23.4 Å². The van der Waals surface area contributed by atoms with Crippen LogP contribution in [0.25, 0.3) is 0 Å². The van der Waals surface area contributed by atoms with Gasteiger partial charge in [-0.05, 0) is 42.7 Å². The lowest BCUT2D eigenvalue weighted by molar-refractivity contribution is 0.278. The van der Waals surface area contributed by atoms with Crippen molar-refractivity contribution in [2.45, 2.75) is 65.5 Å². The molecule has 0 saturated heterocycles. The summed E-state index contributed by atoms with van der Waals surface area (Å²) in [6, 6.07) is 5.02. The molecular formula is C17H28N2O. The molecule has 112 valence electrons. The second-order valence-corrected chi connectivity index (χ2v) is 6.58. The van der Waals surface area contributed by atoms with Gasteiger partial charge in [-0.1, -0.05) is 27.7 Å². The fourth-order valence-electron chi connectivity index (χ4n) is 2.00. The molecule has 1 heterocycles. The summed E-state index contributed by atoms with van der Waals surface area (Å²) in [5.41, 5.74) is 2.41. The van der Waals surface area contributed by atoms with Gasteiger partial charge in [-0.15, -0.1) is 0 Å². The summed E-state index contributed by atoms with van der Waals surface area (Å²) in [4.78, 5) is 4.62. The van der Waals surface area contributed by atoms with Crippen molar-refractivity contribution < 1.29 is 4.74 Å². The van der Waals surface area contributed by atoms with Crippen LogP contribution in [0.1, 0.15) is 64.1 Å². The van der Waals surface area contributed by atoms with Gasteiger partial charge in [0.25, 0.3) is 0 Å². The Hall–Kier alpha value is -1.09. The van der Waals surface area contributed by atoms with Gasteiger partial charge in [-0.25, -0.2) is 4.98 Å². The van der Waals surface area contributed by atoms with Crippen LogP contribution in [0.4, 0.5) is 0 Å². The third-order valence-corrected chi connectivity index (χ3v) is 3.59. The first-order valence-electron chi connectivity index (χ1n) is 7.91. The van der Waals surface area contributed by atoms with Gasteiger partial charge in [0.05, 0.1) is 6.61 Å². The van der Waals surface area contributed by atoms with E-state index in [1.165, 1.54) is 18.4 Å². The fraction of sp³-hybridized carbons (Fsp3) is 0.706. The van der Waals surface area contributed by atoms with Crippen molar-refractivity contribution in [3.8, 4) is 5.88 Å². The number of pyridine rings is 1. The van der Waals surface area contributed by atoms with Crippen molar-refractivity contribution in [2.75, 3.05) is 6.61 Å². The predicted molar refractivity (Wildman–Crippen MR) is 83.1 cm³/mol. The van der Waals surface area contributed by atoms with Gasteiger partial charge in [-0.3, -0.25) is 0 Å². The van der Waals surface area contributed by atoms with E-state index in [2.05, 4.69) is 50.1 Å². The lowest BCUT2D eigenvalue weighted by Gasteiger charge is -2.13. The zero-order valence-corrected chi connectivity index (χ0v) is 13.3. The minimum Gasteiger partial charge on any atom is -0.478 e. The minimum atomic E-state index is 0.434. The van der Waals surface area contributed by atoms with Crippen molar-refractivity contribution >= 4 is 0 Å². The van der Waals surface area contributed by atoms with E-state index in [1.54, 1.807) is 0 Å². The first kappa shape index (κ1) is 15.3. The summed E-state index contributed by atoms with van der Waals surface area (Å²) in [6.45, 7) is 10.5. The van der Waals surface area contributed by atoms with Crippen LogP contribution in [0.2, 0.25) is 0 Å². The van der Waals surface area contributed by atoms with Crippen molar-refractivity contribution in [1.29, 1.82) is 0 Å². The first-order valence-corrected chi connectivity index (χ1v) is 7.91. The molecule has 0 aliphatic heterocycles. The number of nitrogens with zero attached hydrogens (tertiary/aromatic N) is 1. The van der Waals surface area contributed by atoms with Gasteiger partial charge in [0.1, 0.15) is 0 Å².